The summed E-state index contributed by atoms with van der Waals surface area (Å²) in [5.74, 6) is 0.483. The summed E-state index contributed by atoms with van der Waals surface area (Å²) in [4.78, 5) is 0. The number of hydrogen-bond donors (Lipinski definition) is 1. The molecule has 112 valence electrons. The van der Waals surface area contributed by atoms with E-state index >= 15 is 0 Å². The highest BCUT2D eigenvalue weighted by atomic mass is 32.2. The van der Waals surface area contributed by atoms with Gasteiger partial charge in [0.05, 0.1) is 0 Å². The lowest BCUT2D eigenvalue weighted by molar-refractivity contribution is -0.0452. The zero-order valence-corrected chi connectivity index (χ0v) is 13.1. The van der Waals surface area contributed by atoms with Crippen molar-refractivity contribution in [1.82, 2.24) is 4.72 Å². The van der Waals surface area contributed by atoms with Gasteiger partial charge in [-0.1, -0.05) is 19.6 Å². The van der Waals surface area contributed by atoms with Crippen molar-refractivity contribution in [3.63, 3.8) is 0 Å². The van der Waals surface area contributed by atoms with Crippen LogP contribution in [0.3, 0.4) is 0 Å². The molecule has 0 aromatic heterocycles. The molecule has 19 heavy (non-hydrogen) atoms. The zero-order valence-electron chi connectivity index (χ0n) is 11.3. The highest BCUT2D eigenvalue weighted by Crippen LogP contribution is 2.55. The number of fused-ring (bicyclic) bond motifs is 2. The fourth-order valence-electron chi connectivity index (χ4n) is 3.75. The molecule has 8 heteroatoms. The maximum atomic E-state index is 12.4. The van der Waals surface area contributed by atoms with E-state index in [9.17, 15) is 21.6 Å². The Kier molecular flexibility index (Phi) is 3.59. The summed E-state index contributed by atoms with van der Waals surface area (Å²) >= 11 is 0. The van der Waals surface area contributed by atoms with Gasteiger partial charge in [0, 0.05) is 14.1 Å². The first-order valence-corrected chi connectivity index (χ1v) is 11.6. The first-order chi connectivity index (χ1) is 8.42. The monoisotopic (exact) mass is 315 g/mol. The summed E-state index contributed by atoms with van der Waals surface area (Å²) < 4.78 is 61.2. The van der Waals surface area contributed by atoms with Gasteiger partial charge in [-0.15, -0.1) is 0 Å². The molecule has 3 nitrogen and oxygen atoms in total. The molecule has 0 aliphatic heterocycles. The first kappa shape index (κ1) is 15.3. The van der Waals surface area contributed by atoms with Crippen molar-refractivity contribution in [1.29, 1.82) is 0 Å². The highest BCUT2D eigenvalue weighted by molar-refractivity contribution is 7.90. The third-order valence-corrected chi connectivity index (χ3v) is 8.73. The molecule has 4 atom stereocenters. The Morgan fingerprint density at radius 3 is 2.00 bits per heavy atom. The van der Waals surface area contributed by atoms with E-state index in [1.165, 1.54) is 0 Å². The van der Waals surface area contributed by atoms with Crippen LogP contribution in [0.15, 0.2) is 0 Å². The molecular formula is C11H20F3NO2SSi. The van der Waals surface area contributed by atoms with Crippen LogP contribution in [-0.2, 0) is 10.0 Å². The molecule has 0 aromatic rings. The molecule has 2 aliphatic carbocycles. The van der Waals surface area contributed by atoms with Crippen molar-refractivity contribution in [3.8, 4) is 0 Å². The molecule has 1 N–H and O–H groups in total. The quantitative estimate of drug-likeness (QED) is 0.814. The smallest absolute Gasteiger partial charge is 0.204 e. The van der Waals surface area contributed by atoms with Gasteiger partial charge in [0.1, 0.15) is 0 Å². The summed E-state index contributed by atoms with van der Waals surface area (Å²) in [5, 5.41) is 0. The third kappa shape index (κ3) is 2.85. The summed E-state index contributed by atoms with van der Waals surface area (Å²) in [5.41, 5.74) is -4.59. The Balaban J connectivity index is 2.03. The average Bonchev–Trinajstić information content (AvgIpc) is 2.72. The van der Waals surface area contributed by atoms with E-state index in [1.807, 2.05) is 4.72 Å². The fraction of sp³-hybridized carbons (Fsp3) is 1.00. The standard InChI is InChI=1S/C11H20F3NO2SSi/c1-19(2,3)10-6-7-4-8(10)5-9(7)15-18(16,17)11(12,13)14/h7-10,15H,4-6H2,1-3H3. The molecule has 2 rings (SSSR count). The number of sulfonamides is 1. The van der Waals surface area contributed by atoms with Gasteiger partial charge in [-0.2, -0.15) is 13.2 Å². The molecule has 0 saturated heterocycles. The van der Waals surface area contributed by atoms with Crippen molar-refractivity contribution in [2.45, 2.75) is 56.0 Å². The van der Waals surface area contributed by atoms with Crippen LogP contribution < -0.4 is 4.72 Å². The fourth-order valence-corrected chi connectivity index (χ4v) is 7.26. The van der Waals surface area contributed by atoms with Gasteiger partial charge in [0.15, 0.2) is 0 Å². The predicted molar refractivity (Wildman–Crippen MR) is 69.8 cm³/mol. The minimum Gasteiger partial charge on any atom is -0.204 e. The normalized spacial score (nSPS) is 35.9. The molecule has 0 spiro atoms. The van der Waals surface area contributed by atoms with Gasteiger partial charge in [-0.25, -0.2) is 13.1 Å². The molecule has 2 aliphatic rings. The van der Waals surface area contributed by atoms with Gasteiger partial charge < -0.3 is 0 Å². The first-order valence-electron chi connectivity index (χ1n) is 6.50. The van der Waals surface area contributed by atoms with Crippen LogP contribution >= 0.6 is 0 Å². The third-order valence-electron chi connectivity index (χ3n) is 4.58. The molecule has 4 unspecified atom stereocenters. The van der Waals surface area contributed by atoms with Crippen LogP contribution in [-0.4, -0.2) is 28.0 Å². The molecule has 0 radical (unpaired) electrons. The van der Waals surface area contributed by atoms with Gasteiger partial charge in [-0.3, -0.25) is 0 Å². The van der Waals surface area contributed by atoms with Crippen molar-refractivity contribution in [3.05, 3.63) is 0 Å². The Bertz CT molecular complexity index is 458. The molecular weight excluding hydrogens is 295 g/mol. The maximum Gasteiger partial charge on any atom is 0.511 e. The topological polar surface area (TPSA) is 46.2 Å². The molecule has 0 amide bonds. The second-order valence-corrected chi connectivity index (χ2v) is 14.1. The van der Waals surface area contributed by atoms with Crippen LogP contribution in [0.5, 0.6) is 0 Å². The van der Waals surface area contributed by atoms with Gasteiger partial charge >= 0.3 is 15.5 Å². The summed E-state index contributed by atoms with van der Waals surface area (Å²) in [6.07, 6.45) is 2.32. The minimum absolute atomic E-state index is 0.0823. The molecule has 2 fully saturated rings. The van der Waals surface area contributed by atoms with E-state index in [-0.39, 0.29) is 5.92 Å². The lowest BCUT2D eigenvalue weighted by Crippen LogP contribution is -2.46. The molecule has 0 aromatic carbocycles. The number of nitrogens with one attached hydrogen (secondary N) is 1. The van der Waals surface area contributed by atoms with Gasteiger partial charge in [0.25, 0.3) is 0 Å². The van der Waals surface area contributed by atoms with Crippen LogP contribution in [0.25, 0.3) is 0 Å². The molecule has 2 bridgehead atoms. The Labute approximate surface area is 113 Å². The predicted octanol–water partition coefficient (Wildman–Crippen LogP) is 2.93. The van der Waals surface area contributed by atoms with Crippen LogP contribution in [0.4, 0.5) is 13.2 Å². The van der Waals surface area contributed by atoms with Crippen LogP contribution in [0.2, 0.25) is 25.2 Å². The summed E-state index contributed by atoms with van der Waals surface area (Å²) in [7, 11) is -6.50. The Morgan fingerprint density at radius 1 is 1.05 bits per heavy atom. The Hall–Kier alpha value is -0.0831. The van der Waals surface area contributed by atoms with Crippen molar-refractivity contribution in [2.75, 3.05) is 0 Å². The summed E-state index contributed by atoms with van der Waals surface area (Å²) in [6, 6.07) is -0.524. The number of alkyl halides is 3. The van der Waals surface area contributed by atoms with Crippen molar-refractivity contribution < 1.29 is 21.6 Å². The zero-order chi connectivity index (χ0) is 14.6. The number of halogens is 3. The largest absolute Gasteiger partial charge is 0.511 e. The van der Waals surface area contributed by atoms with Crippen LogP contribution in [0, 0.1) is 11.8 Å². The van der Waals surface area contributed by atoms with Gasteiger partial charge in [0.2, 0.25) is 0 Å². The van der Waals surface area contributed by atoms with E-state index in [2.05, 4.69) is 19.6 Å². The SMILES string of the molecule is C[Si](C)(C)C1CC2CC1CC2NS(=O)(=O)C(F)(F)F. The average molecular weight is 315 g/mol. The number of rotatable bonds is 3. The van der Waals surface area contributed by atoms with Crippen molar-refractivity contribution >= 4 is 18.1 Å². The molecule has 0 heterocycles. The van der Waals surface area contributed by atoms with Crippen LogP contribution in [0.1, 0.15) is 19.3 Å². The van der Waals surface area contributed by atoms with E-state index in [4.69, 9.17) is 0 Å². The second-order valence-electron chi connectivity index (χ2n) is 6.87. The maximum absolute atomic E-state index is 12.4. The Morgan fingerprint density at radius 2 is 1.63 bits per heavy atom. The molecule has 2 saturated carbocycles. The van der Waals surface area contributed by atoms with Crippen molar-refractivity contribution in [2.24, 2.45) is 11.8 Å². The van der Waals surface area contributed by atoms with E-state index in [0.717, 1.165) is 12.8 Å². The van der Waals surface area contributed by atoms with Gasteiger partial charge in [-0.05, 0) is 36.6 Å². The second kappa shape index (κ2) is 4.46. The minimum atomic E-state index is -5.20. The summed E-state index contributed by atoms with van der Waals surface area (Å²) in [6.45, 7) is 6.81. The van der Waals surface area contributed by atoms with E-state index < -0.39 is 29.6 Å². The lowest BCUT2D eigenvalue weighted by atomic mass is 9.96. The van der Waals surface area contributed by atoms with E-state index in [1.54, 1.807) is 0 Å². The van der Waals surface area contributed by atoms with E-state index in [0.29, 0.717) is 17.9 Å². The highest BCUT2D eigenvalue weighted by Gasteiger charge is 2.54. The number of hydrogen-bond acceptors (Lipinski definition) is 2. The lowest BCUT2D eigenvalue weighted by Gasteiger charge is -2.35.